The van der Waals surface area contributed by atoms with E-state index in [1.165, 1.54) is 16.7 Å². The molecule has 0 spiro atoms. The largest absolute Gasteiger partial charge is 0.397 e. The molecule has 1 atom stereocenters. The molecule has 0 saturated carbocycles. The second-order valence-corrected chi connectivity index (χ2v) is 9.14. The highest BCUT2D eigenvalue weighted by molar-refractivity contribution is 7.80. The lowest BCUT2D eigenvalue weighted by atomic mass is 9.89. The Hall–Kier alpha value is -3.10. The van der Waals surface area contributed by atoms with Crippen molar-refractivity contribution in [2.75, 3.05) is 43.8 Å². The minimum Gasteiger partial charge on any atom is -0.397 e. The number of nitrogens with two attached hydrogens (primary N) is 1. The number of nitrogen functional groups attached to an aromatic ring is 1. The Labute approximate surface area is 200 Å². The van der Waals surface area contributed by atoms with E-state index in [9.17, 15) is 0 Å². The fourth-order valence-electron chi connectivity index (χ4n) is 4.97. The minimum absolute atomic E-state index is 0.264. The number of hydrogen-bond acceptors (Lipinski definition) is 6. The number of piperidine rings is 1. The fraction of sp³-hybridized carbons (Fsp3) is 0.360. The van der Waals surface area contributed by atoms with Gasteiger partial charge < -0.3 is 31.5 Å². The van der Waals surface area contributed by atoms with Crippen molar-refractivity contribution in [3.63, 3.8) is 0 Å². The van der Waals surface area contributed by atoms with Gasteiger partial charge in [0.25, 0.3) is 0 Å². The zero-order valence-electron chi connectivity index (χ0n) is 18.8. The predicted octanol–water partition coefficient (Wildman–Crippen LogP) is 2.76. The first-order valence-electron chi connectivity index (χ1n) is 11.6. The van der Waals surface area contributed by atoms with Crippen LogP contribution in [0.25, 0.3) is 5.57 Å². The Morgan fingerprint density at radius 3 is 2.85 bits per heavy atom. The fourth-order valence-corrected chi connectivity index (χ4v) is 5.18. The van der Waals surface area contributed by atoms with Crippen molar-refractivity contribution >= 4 is 34.3 Å². The summed E-state index contributed by atoms with van der Waals surface area (Å²) >= 11 is 5.41. The molecule has 3 aliphatic rings. The number of rotatable bonds is 4. The summed E-state index contributed by atoms with van der Waals surface area (Å²) in [6.07, 6.45) is 11.2. The average Bonchev–Trinajstić information content (AvgIpc) is 3.23. The molecule has 5 N–H and O–H groups in total. The van der Waals surface area contributed by atoms with Gasteiger partial charge in [-0.1, -0.05) is 29.8 Å². The van der Waals surface area contributed by atoms with E-state index < -0.39 is 0 Å². The third kappa shape index (κ3) is 4.82. The monoisotopic (exact) mass is 461 g/mol. The highest BCUT2D eigenvalue weighted by atomic mass is 32.1. The maximum absolute atomic E-state index is 5.95. The molecule has 33 heavy (non-hydrogen) atoms. The molecule has 1 fully saturated rings. The number of nitrogens with zero attached hydrogens (tertiary/aromatic N) is 3. The van der Waals surface area contributed by atoms with Crippen LogP contribution < -0.4 is 21.7 Å². The molecular weight excluding hydrogens is 430 g/mol. The summed E-state index contributed by atoms with van der Waals surface area (Å²) in [7, 11) is 0. The van der Waals surface area contributed by atoms with Gasteiger partial charge in [-0.05, 0) is 48.7 Å². The van der Waals surface area contributed by atoms with E-state index in [0.29, 0.717) is 10.8 Å². The number of thiocarbonyl (C=S) groups is 1. The van der Waals surface area contributed by atoms with Gasteiger partial charge in [-0.3, -0.25) is 4.98 Å². The Morgan fingerprint density at radius 2 is 2.00 bits per heavy atom. The van der Waals surface area contributed by atoms with Crippen LogP contribution in [0.3, 0.4) is 0 Å². The zero-order valence-corrected chi connectivity index (χ0v) is 19.6. The van der Waals surface area contributed by atoms with E-state index in [4.69, 9.17) is 18.0 Å². The van der Waals surface area contributed by atoms with E-state index in [0.717, 1.165) is 57.7 Å². The van der Waals surface area contributed by atoms with Gasteiger partial charge in [0.1, 0.15) is 6.17 Å². The SMILES string of the molecule is Nc1ccncc1NC(=S)NCCN1CCC(=C2c3ccccc3CCN3C=CNC23)CC1. The number of fused-ring (bicyclic) bond motifs is 2. The van der Waals surface area contributed by atoms with Crippen LogP contribution in [0.4, 0.5) is 11.4 Å². The number of anilines is 2. The quantitative estimate of drug-likeness (QED) is 0.518. The minimum atomic E-state index is 0.264. The first-order chi connectivity index (χ1) is 16.2. The standard InChI is InChI=1S/C25H31N7S/c26-21-5-9-27-17-22(21)30-25(33)29-10-15-31-12-6-19(7-13-31)23-20-4-2-1-3-18(20)8-14-32-16-11-28-24(23)32/h1-5,9,11,16-17,24,28H,6-8,10,12-15H2,(H2,26,27)(H2,29,30,33). The summed E-state index contributed by atoms with van der Waals surface area (Å²) in [6, 6.07) is 10.7. The van der Waals surface area contributed by atoms with Gasteiger partial charge in [-0.25, -0.2) is 0 Å². The van der Waals surface area contributed by atoms with Gasteiger partial charge in [0.2, 0.25) is 0 Å². The summed E-state index contributed by atoms with van der Waals surface area (Å²) in [6.45, 7) is 4.94. The molecule has 1 aromatic heterocycles. The molecule has 0 aliphatic carbocycles. The third-order valence-electron chi connectivity index (χ3n) is 6.73. The van der Waals surface area contributed by atoms with Gasteiger partial charge in [0.05, 0.1) is 17.6 Å². The van der Waals surface area contributed by atoms with Crippen LogP contribution >= 0.6 is 12.2 Å². The zero-order chi connectivity index (χ0) is 22.6. The lowest BCUT2D eigenvalue weighted by molar-refractivity contribution is 0.259. The van der Waals surface area contributed by atoms with Gasteiger partial charge in [0.15, 0.2) is 5.11 Å². The van der Waals surface area contributed by atoms with Crippen LogP contribution in [0, 0.1) is 0 Å². The summed E-state index contributed by atoms with van der Waals surface area (Å²) < 4.78 is 0. The molecule has 2 aromatic rings. The lowest BCUT2D eigenvalue weighted by Crippen LogP contribution is -2.40. The number of hydrogen-bond donors (Lipinski definition) is 4. The van der Waals surface area contributed by atoms with Crippen molar-refractivity contribution in [3.05, 3.63) is 71.8 Å². The molecule has 5 rings (SSSR count). The smallest absolute Gasteiger partial charge is 0.170 e. The molecular formula is C25H31N7S. The number of nitrogens with one attached hydrogen (secondary N) is 3. The predicted molar refractivity (Wildman–Crippen MR) is 138 cm³/mol. The van der Waals surface area contributed by atoms with Crippen molar-refractivity contribution in [2.45, 2.75) is 25.4 Å². The number of pyridine rings is 1. The molecule has 8 heteroatoms. The number of aromatic nitrogens is 1. The molecule has 1 unspecified atom stereocenters. The molecule has 0 radical (unpaired) electrons. The van der Waals surface area contributed by atoms with E-state index in [1.807, 2.05) is 0 Å². The second kappa shape index (κ2) is 9.80. The molecule has 4 heterocycles. The first-order valence-corrected chi connectivity index (χ1v) is 12.1. The highest BCUT2D eigenvalue weighted by Gasteiger charge is 2.31. The van der Waals surface area contributed by atoms with Crippen molar-refractivity contribution in [1.29, 1.82) is 0 Å². The average molecular weight is 462 g/mol. The van der Waals surface area contributed by atoms with Crippen molar-refractivity contribution in [3.8, 4) is 0 Å². The van der Waals surface area contributed by atoms with Gasteiger partial charge >= 0.3 is 0 Å². The Bertz CT molecular complexity index is 1070. The van der Waals surface area contributed by atoms with E-state index in [2.05, 4.69) is 67.4 Å². The molecule has 1 saturated heterocycles. The summed E-state index contributed by atoms with van der Waals surface area (Å²) in [4.78, 5) is 9.04. The lowest BCUT2D eigenvalue weighted by Gasteiger charge is -2.33. The molecule has 0 amide bonds. The molecule has 1 aromatic carbocycles. The van der Waals surface area contributed by atoms with E-state index >= 15 is 0 Å². The van der Waals surface area contributed by atoms with E-state index in [1.54, 1.807) is 24.0 Å². The van der Waals surface area contributed by atoms with Crippen LogP contribution in [0.2, 0.25) is 0 Å². The molecule has 172 valence electrons. The summed E-state index contributed by atoms with van der Waals surface area (Å²) in [5.74, 6) is 0. The maximum Gasteiger partial charge on any atom is 0.170 e. The Morgan fingerprint density at radius 1 is 1.15 bits per heavy atom. The molecule has 0 bridgehead atoms. The maximum atomic E-state index is 5.95. The topological polar surface area (TPSA) is 81.5 Å². The van der Waals surface area contributed by atoms with Gasteiger partial charge in [-0.15, -0.1) is 0 Å². The molecule has 3 aliphatic heterocycles. The highest BCUT2D eigenvalue weighted by Crippen LogP contribution is 2.36. The van der Waals surface area contributed by atoms with Gasteiger partial charge in [0, 0.05) is 56.9 Å². The van der Waals surface area contributed by atoms with Crippen LogP contribution in [-0.4, -0.2) is 58.8 Å². The van der Waals surface area contributed by atoms with Crippen LogP contribution in [0.5, 0.6) is 0 Å². The van der Waals surface area contributed by atoms with Crippen molar-refractivity contribution in [2.24, 2.45) is 0 Å². The third-order valence-corrected chi connectivity index (χ3v) is 6.98. The van der Waals surface area contributed by atoms with E-state index in [-0.39, 0.29) is 6.17 Å². The van der Waals surface area contributed by atoms with Gasteiger partial charge in [-0.2, -0.15) is 0 Å². The van der Waals surface area contributed by atoms with Crippen LogP contribution in [0.1, 0.15) is 24.0 Å². The first kappa shape index (κ1) is 21.7. The normalized spacial score (nSPS) is 20.0. The Balaban J connectivity index is 1.18. The van der Waals surface area contributed by atoms with Crippen LogP contribution in [-0.2, 0) is 6.42 Å². The van der Waals surface area contributed by atoms with Crippen LogP contribution in [0.15, 0.2) is 60.7 Å². The van der Waals surface area contributed by atoms with Crippen molar-refractivity contribution in [1.82, 2.24) is 25.4 Å². The molecule has 7 nitrogen and oxygen atoms in total. The number of likely N-dealkylation sites (tertiary alicyclic amines) is 1. The number of benzene rings is 1. The second-order valence-electron chi connectivity index (χ2n) is 8.73. The van der Waals surface area contributed by atoms with Crippen molar-refractivity contribution < 1.29 is 0 Å². The summed E-state index contributed by atoms with van der Waals surface area (Å²) in [5, 5.41) is 10.6. The summed E-state index contributed by atoms with van der Waals surface area (Å²) in [5.41, 5.74) is 13.3. The Kier molecular flexibility index (Phi) is 6.46.